The zero-order chi connectivity index (χ0) is 28.1. The predicted molar refractivity (Wildman–Crippen MR) is 141 cm³/mol. The summed E-state index contributed by atoms with van der Waals surface area (Å²) in [6.07, 6.45) is 1.28. The van der Waals surface area contributed by atoms with Gasteiger partial charge in [-0.1, -0.05) is 12.1 Å². The number of hydrogen-bond donors (Lipinski definition) is 0. The van der Waals surface area contributed by atoms with Gasteiger partial charge in [-0.25, -0.2) is 0 Å². The first-order valence-electron chi connectivity index (χ1n) is 13.1. The molecule has 39 heavy (non-hydrogen) atoms. The highest BCUT2D eigenvalue weighted by Gasteiger charge is 2.35. The second-order valence-corrected chi connectivity index (χ2v) is 10.3. The number of likely N-dealkylation sites (tertiary alicyclic amines) is 1. The number of halogens is 2. The van der Waals surface area contributed by atoms with Crippen molar-refractivity contribution < 1.29 is 32.6 Å². The van der Waals surface area contributed by atoms with E-state index >= 15 is 0 Å². The van der Waals surface area contributed by atoms with Gasteiger partial charge < -0.3 is 28.9 Å². The van der Waals surface area contributed by atoms with E-state index in [0.717, 1.165) is 38.2 Å². The highest BCUT2D eigenvalue weighted by atomic mass is 19.3. The van der Waals surface area contributed by atoms with Gasteiger partial charge in [0.05, 0.1) is 14.2 Å². The third-order valence-corrected chi connectivity index (χ3v) is 7.41. The molecule has 2 saturated heterocycles. The minimum Gasteiger partial charge on any atom is -0.497 e. The Labute approximate surface area is 227 Å². The van der Waals surface area contributed by atoms with Crippen LogP contribution >= 0.6 is 0 Å². The average molecular weight is 547 g/mol. The largest absolute Gasteiger partial charge is 0.497 e. The molecule has 2 fully saturated rings. The van der Waals surface area contributed by atoms with Gasteiger partial charge in [0.1, 0.15) is 17.1 Å². The molecule has 0 spiro atoms. The maximum absolute atomic E-state index is 13.2. The van der Waals surface area contributed by atoms with Crippen molar-refractivity contribution in [1.82, 2.24) is 14.8 Å². The smallest absolute Gasteiger partial charge is 0.346 e. The third-order valence-electron chi connectivity index (χ3n) is 7.41. The molecular formula is C28H36F2N4O5. The summed E-state index contributed by atoms with van der Waals surface area (Å²) in [5.74, 6) is 1.91. The quantitative estimate of drug-likeness (QED) is 0.448. The summed E-state index contributed by atoms with van der Waals surface area (Å²) in [5, 5.41) is 0. The predicted octanol–water partition coefficient (Wildman–Crippen LogP) is 3.85. The second kappa shape index (κ2) is 12.6. The van der Waals surface area contributed by atoms with Gasteiger partial charge in [0.15, 0.2) is 6.10 Å². The zero-order valence-corrected chi connectivity index (χ0v) is 22.8. The summed E-state index contributed by atoms with van der Waals surface area (Å²) in [5.41, 5.74) is 0.776. The SMILES string of the molecule is COc1cccc([C@@H](OC(F)F)C(=O)N2CCC(CC3CN(c4ccc(C(=O)N(C)C)c(OC)n4)C3)CC2)c1. The highest BCUT2D eigenvalue weighted by molar-refractivity contribution is 5.96. The van der Waals surface area contributed by atoms with Gasteiger partial charge in [-0.05, 0) is 60.9 Å². The Balaban J connectivity index is 1.28. The van der Waals surface area contributed by atoms with Gasteiger partial charge >= 0.3 is 6.61 Å². The summed E-state index contributed by atoms with van der Waals surface area (Å²) in [6, 6.07) is 10.1. The van der Waals surface area contributed by atoms with E-state index in [-0.39, 0.29) is 5.91 Å². The molecule has 1 aromatic carbocycles. The van der Waals surface area contributed by atoms with Crippen molar-refractivity contribution in [1.29, 1.82) is 0 Å². The molecule has 0 unspecified atom stereocenters. The number of pyridine rings is 1. The van der Waals surface area contributed by atoms with E-state index in [2.05, 4.69) is 9.88 Å². The Morgan fingerprint density at radius 2 is 1.77 bits per heavy atom. The lowest BCUT2D eigenvalue weighted by molar-refractivity contribution is -0.185. The van der Waals surface area contributed by atoms with Crippen LogP contribution in [0.25, 0.3) is 0 Å². The van der Waals surface area contributed by atoms with Crippen LogP contribution in [0, 0.1) is 11.8 Å². The third kappa shape index (κ3) is 6.76. The van der Waals surface area contributed by atoms with Gasteiger partial charge in [0.2, 0.25) is 5.88 Å². The van der Waals surface area contributed by atoms with Crippen LogP contribution in [0.15, 0.2) is 36.4 Å². The molecule has 0 saturated carbocycles. The molecule has 2 aromatic rings. The fraction of sp³-hybridized carbons (Fsp3) is 0.536. The summed E-state index contributed by atoms with van der Waals surface area (Å²) in [4.78, 5) is 35.3. The van der Waals surface area contributed by atoms with Crippen molar-refractivity contribution in [3.63, 3.8) is 0 Å². The van der Waals surface area contributed by atoms with Crippen LogP contribution in [0.1, 0.15) is 41.3 Å². The van der Waals surface area contributed by atoms with Gasteiger partial charge in [0.25, 0.3) is 11.8 Å². The minimum absolute atomic E-state index is 0.159. The molecule has 0 radical (unpaired) electrons. The van der Waals surface area contributed by atoms with Gasteiger partial charge in [0, 0.05) is 40.3 Å². The molecule has 2 aliphatic heterocycles. The number of aromatic nitrogens is 1. The second-order valence-electron chi connectivity index (χ2n) is 10.3. The Morgan fingerprint density at radius 3 is 2.38 bits per heavy atom. The Kier molecular flexibility index (Phi) is 9.21. The van der Waals surface area contributed by atoms with E-state index in [1.54, 1.807) is 49.3 Å². The van der Waals surface area contributed by atoms with E-state index in [1.165, 1.54) is 19.1 Å². The number of nitrogens with zero attached hydrogens (tertiary/aromatic N) is 4. The van der Waals surface area contributed by atoms with E-state index in [9.17, 15) is 18.4 Å². The standard InChI is InChI=1S/C28H36F2N4O5/c1-32(2)26(35)22-8-9-23(31-25(22)38-4)34-16-19(17-34)14-18-10-12-33(13-11-18)27(36)24(39-28(29)30)20-6-5-7-21(15-20)37-3/h5-9,15,18-19,24,28H,10-14,16-17H2,1-4H3/t24-/m1/s1. The molecule has 1 aromatic heterocycles. The number of amides is 2. The minimum atomic E-state index is -3.07. The van der Waals surface area contributed by atoms with E-state index in [0.29, 0.717) is 47.7 Å². The number of hydrogen-bond acceptors (Lipinski definition) is 7. The normalized spacial score (nSPS) is 17.1. The number of carbonyl (C=O) groups excluding carboxylic acids is 2. The fourth-order valence-corrected chi connectivity index (χ4v) is 5.29. The molecule has 0 aliphatic carbocycles. The van der Waals surface area contributed by atoms with Crippen molar-refractivity contribution in [2.24, 2.45) is 11.8 Å². The lowest BCUT2D eigenvalue weighted by Crippen LogP contribution is -2.49. The number of benzene rings is 1. The molecule has 0 N–H and O–H groups in total. The van der Waals surface area contributed by atoms with Gasteiger partial charge in [-0.2, -0.15) is 13.8 Å². The fourth-order valence-electron chi connectivity index (χ4n) is 5.29. The highest BCUT2D eigenvalue weighted by Crippen LogP contribution is 2.34. The average Bonchev–Trinajstić information content (AvgIpc) is 2.92. The number of ether oxygens (including phenoxy) is 3. The molecule has 2 aliphatic rings. The summed E-state index contributed by atoms with van der Waals surface area (Å²) < 4.78 is 41.6. The molecule has 212 valence electrons. The number of alkyl halides is 2. The van der Waals surface area contributed by atoms with Crippen LogP contribution in [0.5, 0.6) is 11.6 Å². The van der Waals surface area contributed by atoms with Crippen molar-refractivity contribution >= 4 is 17.6 Å². The Morgan fingerprint density at radius 1 is 1.05 bits per heavy atom. The Hall–Kier alpha value is -3.47. The number of anilines is 1. The first kappa shape index (κ1) is 28.5. The van der Waals surface area contributed by atoms with E-state index < -0.39 is 18.6 Å². The van der Waals surface area contributed by atoms with Crippen LogP contribution in [-0.2, 0) is 9.53 Å². The Bertz CT molecular complexity index is 1150. The van der Waals surface area contributed by atoms with Crippen LogP contribution in [-0.4, -0.2) is 87.7 Å². The van der Waals surface area contributed by atoms with Crippen LogP contribution in [0.3, 0.4) is 0 Å². The van der Waals surface area contributed by atoms with Crippen molar-refractivity contribution in [2.45, 2.75) is 32.0 Å². The lowest BCUT2D eigenvalue weighted by atomic mass is 9.83. The monoisotopic (exact) mass is 546 g/mol. The van der Waals surface area contributed by atoms with Gasteiger partial charge in [-0.15, -0.1) is 0 Å². The maximum atomic E-state index is 13.2. The van der Waals surface area contributed by atoms with E-state index in [1.807, 2.05) is 6.07 Å². The molecule has 11 heteroatoms. The summed E-state index contributed by atoms with van der Waals surface area (Å²) in [6.45, 7) is -0.337. The van der Waals surface area contributed by atoms with E-state index in [4.69, 9.17) is 14.2 Å². The topological polar surface area (TPSA) is 84.4 Å². The zero-order valence-electron chi connectivity index (χ0n) is 22.8. The summed E-state index contributed by atoms with van der Waals surface area (Å²) >= 11 is 0. The first-order chi connectivity index (χ1) is 18.7. The van der Waals surface area contributed by atoms with Crippen LogP contribution < -0.4 is 14.4 Å². The van der Waals surface area contributed by atoms with Crippen molar-refractivity contribution in [3.05, 3.63) is 47.5 Å². The molecule has 9 nitrogen and oxygen atoms in total. The van der Waals surface area contributed by atoms with Crippen molar-refractivity contribution in [2.75, 3.05) is 59.4 Å². The van der Waals surface area contributed by atoms with Crippen molar-refractivity contribution in [3.8, 4) is 11.6 Å². The molecule has 4 rings (SSSR count). The molecule has 0 bridgehead atoms. The molecule has 3 heterocycles. The molecule has 2 amide bonds. The van der Waals surface area contributed by atoms with Gasteiger partial charge in [-0.3, -0.25) is 9.59 Å². The molecule has 1 atom stereocenters. The summed E-state index contributed by atoms with van der Waals surface area (Å²) in [7, 11) is 6.36. The number of piperidine rings is 1. The maximum Gasteiger partial charge on any atom is 0.346 e. The lowest BCUT2D eigenvalue weighted by Gasteiger charge is -2.43. The number of carbonyl (C=O) groups is 2. The van der Waals surface area contributed by atoms with Crippen LogP contribution in [0.4, 0.5) is 14.6 Å². The first-order valence-corrected chi connectivity index (χ1v) is 13.1. The van der Waals surface area contributed by atoms with Crippen LogP contribution in [0.2, 0.25) is 0 Å². The number of rotatable bonds is 10. The number of methoxy groups -OCH3 is 2. The molecular weight excluding hydrogens is 510 g/mol.